The average Bonchev–Trinajstić information content (AvgIpc) is 2.65. The average molecular weight is 366 g/mol. The Morgan fingerprint density at radius 1 is 0.741 bits per heavy atom. The van der Waals surface area contributed by atoms with E-state index >= 15 is 0 Å². The second kappa shape index (κ2) is 9.67. The van der Waals surface area contributed by atoms with Crippen molar-refractivity contribution in [3.8, 4) is 0 Å². The van der Waals surface area contributed by atoms with Gasteiger partial charge in [-0.25, -0.2) is 0 Å². The number of nitrogens with one attached hydrogen (secondary N) is 2. The molecular weight excluding hydrogens is 340 g/mol. The largest absolute Gasteiger partial charge is 0.354 e. The third kappa shape index (κ3) is 6.37. The molecule has 5 nitrogen and oxygen atoms in total. The lowest BCUT2D eigenvalue weighted by molar-refractivity contribution is -0.121. The van der Waals surface area contributed by atoms with Crippen LogP contribution in [0.4, 0.5) is 0 Å². The zero-order valence-electron chi connectivity index (χ0n) is 16.1. The van der Waals surface area contributed by atoms with Crippen LogP contribution in [0.5, 0.6) is 0 Å². The summed E-state index contributed by atoms with van der Waals surface area (Å²) in [6, 6.07) is 12.9. The Kier molecular flexibility index (Phi) is 7.29. The van der Waals surface area contributed by atoms with Gasteiger partial charge in [-0.1, -0.05) is 35.9 Å². The summed E-state index contributed by atoms with van der Waals surface area (Å²) in [7, 11) is 0. The summed E-state index contributed by atoms with van der Waals surface area (Å²) >= 11 is 0. The number of rotatable bonds is 8. The van der Waals surface area contributed by atoms with Crippen LogP contribution in [0.3, 0.4) is 0 Å². The molecule has 0 aromatic heterocycles. The van der Waals surface area contributed by atoms with Crippen molar-refractivity contribution >= 4 is 17.6 Å². The lowest BCUT2D eigenvalue weighted by atomic mass is 10.1. The molecule has 2 aromatic carbocycles. The summed E-state index contributed by atoms with van der Waals surface area (Å²) in [6.07, 6.45) is 0.307. The van der Waals surface area contributed by atoms with E-state index in [0.29, 0.717) is 24.2 Å². The van der Waals surface area contributed by atoms with E-state index in [1.807, 2.05) is 45.0 Å². The molecule has 5 heteroatoms. The Hall–Kier alpha value is -2.95. The number of hydrogen-bond acceptors (Lipinski definition) is 3. The third-order valence-electron chi connectivity index (χ3n) is 4.45. The summed E-state index contributed by atoms with van der Waals surface area (Å²) in [6.45, 7) is 6.58. The summed E-state index contributed by atoms with van der Waals surface area (Å²) in [5.41, 5.74) is 4.52. The van der Waals surface area contributed by atoms with E-state index in [9.17, 15) is 14.4 Å². The van der Waals surface area contributed by atoms with Gasteiger partial charge in [0.1, 0.15) is 0 Å². The lowest BCUT2D eigenvalue weighted by Crippen LogP contribution is -2.34. The summed E-state index contributed by atoms with van der Waals surface area (Å²) in [4.78, 5) is 36.0. The molecule has 2 aromatic rings. The predicted molar refractivity (Wildman–Crippen MR) is 106 cm³/mol. The Morgan fingerprint density at radius 2 is 1.37 bits per heavy atom. The molecular formula is C22H26N2O3. The third-order valence-corrected chi connectivity index (χ3v) is 4.45. The van der Waals surface area contributed by atoms with Gasteiger partial charge in [0, 0.05) is 37.1 Å². The Labute approximate surface area is 160 Å². The first-order chi connectivity index (χ1) is 12.9. The minimum absolute atomic E-state index is 0.0480. The molecule has 0 aliphatic heterocycles. The number of benzene rings is 2. The van der Waals surface area contributed by atoms with Gasteiger partial charge in [0.15, 0.2) is 5.78 Å². The van der Waals surface area contributed by atoms with E-state index in [0.717, 1.165) is 16.7 Å². The molecule has 0 fully saturated rings. The molecule has 27 heavy (non-hydrogen) atoms. The van der Waals surface area contributed by atoms with Gasteiger partial charge in [0.05, 0.1) is 0 Å². The van der Waals surface area contributed by atoms with E-state index in [4.69, 9.17) is 0 Å². The fraction of sp³-hybridized carbons (Fsp3) is 0.318. The van der Waals surface area contributed by atoms with Gasteiger partial charge in [-0.2, -0.15) is 0 Å². The van der Waals surface area contributed by atoms with Crippen LogP contribution in [-0.2, 0) is 4.79 Å². The molecule has 0 unspecified atom stereocenters. The quantitative estimate of drug-likeness (QED) is 0.557. The topological polar surface area (TPSA) is 75.3 Å². The van der Waals surface area contributed by atoms with Gasteiger partial charge in [-0.15, -0.1) is 0 Å². The highest BCUT2D eigenvalue weighted by Gasteiger charge is 2.10. The molecule has 2 amide bonds. The minimum atomic E-state index is -0.198. The first-order valence-corrected chi connectivity index (χ1v) is 9.09. The van der Waals surface area contributed by atoms with Crippen molar-refractivity contribution in [2.45, 2.75) is 33.6 Å². The van der Waals surface area contributed by atoms with E-state index in [1.165, 1.54) is 0 Å². The zero-order chi connectivity index (χ0) is 19.8. The van der Waals surface area contributed by atoms with Gasteiger partial charge >= 0.3 is 0 Å². The number of carbonyl (C=O) groups is 3. The maximum Gasteiger partial charge on any atom is 0.251 e. The van der Waals surface area contributed by atoms with Crippen molar-refractivity contribution in [3.05, 3.63) is 70.3 Å². The molecule has 0 heterocycles. The van der Waals surface area contributed by atoms with Crippen molar-refractivity contribution in [1.29, 1.82) is 0 Å². The fourth-order valence-corrected chi connectivity index (χ4v) is 2.56. The molecule has 0 aliphatic rings. The second-order valence-corrected chi connectivity index (χ2v) is 6.69. The minimum Gasteiger partial charge on any atom is -0.354 e. The maximum absolute atomic E-state index is 12.1. The second-order valence-electron chi connectivity index (χ2n) is 6.69. The monoisotopic (exact) mass is 366 g/mol. The highest BCUT2D eigenvalue weighted by molar-refractivity contribution is 5.98. The van der Waals surface area contributed by atoms with E-state index in [2.05, 4.69) is 10.6 Å². The van der Waals surface area contributed by atoms with Crippen molar-refractivity contribution in [3.63, 3.8) is 0 Å². The Balaban J connectivity index is 1.67. The number of aryl methyl sites for hydroxylation is 3. The van der Waals surface area contributed by atoms with Gasteiger partial charge in [-0.3, -0.25) is 14.4 Å². The van der Waals surface area contributed by atoms with Gasteiger partial charge in [-0.05, 0) is 44.0 Å². The number of carbonyl (C=O) groups excluding carboxylic acids is 3. The zero-order valence-corrected chi connectivity index (χ0v) is 16.1. The first kappa shape index (κ1) is 20.4. The highest BCUT2D eigenvalue weighted by Crippen LogP contribution is 2.09. The molecule has 0 atom stereocenters. The Morgan fingerprint density at radius 3 is 2.04 bits per heavy atom. The molecule has 0 spiro atoms. The normalized spacial score (nSPS) is 10.3. The maximum atomic E-state index is 12.1. The molecule has 2 N–H and O–H groups in total. The van der Waals surface area contributed by atoms with Crippen molar-refractivity contribution < 1.29 is 14.4 Å². The number of Topliss-reactive ketones (excluding diaryl/α,β-unsaturated/α-hetero) is 1. The number of ketones is 1. The van der Waals surface area contributed by atoms with E-state index in [1.54, 1.807) is 18.2 Å². The standard InChI is InChI=1S/C22H26N2O3/c1-15-4-7-18(8-5-15)20(25)10-11-21(26)23-12-13-24-22(27)19-9-6-16(2)17(3)14-19/h4-9,14H,10-13H2,1-3H3,(H,23,26)(H,24,27). The molecule has 142 valence electrons. The Bertz CT molecular complexity index is 826. The summed E-state index contributed by atoms with van der Waals surface area (Å²) in [5, 5.41) is 5.50. The number of hydrogen-bond donors (Lipinski definition) is 2. The number of amides is 2. The smallest absolute Gasteiger partial charge is 0.251 e. The summed E-state index contributed by atoms with van der Waals surface area (Å²) < 4.78 is 0. The van der Waals surface area contributed by atoms with Crippen LogP contribution in [0.1, 0.15) is 50.2 Å². The van der Waals surface area contributed by atoms with Gasteiger partial charge in [0.25, 0.3) is 5.91 Å². The van der Waals surface area contributed by atoms with Crippen molar-refractivity contribution in [1.82, 2.24) is 10.6 Å². The van der Waals surface area contributed by atoms with Crippen LogP contribution in [0.15, 0.2) is 42.5 Å². The van der Waals surface area contributed by atoms with Crippen LogP contribution in [0.2, 0.25) is 0 Å². The van der Waals surface area contributed by atoms with E-state index < -0.39 is 0 Å². The highest BCUT2D eigenvalue weighted by atomic mass is 16.2. The fourth-order valence-electron chi connectivity index (χ4n) is 2.56. The van der Waals surface area contributed by atoms with Gasteiger partial charge < -0.3 is 10.6 Å². The predicted octanol–water partition coefficient (Wildman–Crippen LogP) is 3.12. The molecule has 0 saturated carbocycles. The lowest BCUT2D eigenvalue weighted by Gasteiger charge is -2.08. The SMILES string of the molecule is Cc1ccc(C(=O)CCC(=O)NCCNC(=O)c2ccc(C)c(C)c2)cc1. The molecule has 0 radical (unpaired) electrons. The van der Waals surface area contributed by atoms with Gasteiger partial charge in [0.2, 0.25) is 5.91 Å². The first-order valence-electron chi connectivity index (χ1n) is 9.09. The summed E-state index contributed by atoms with van der Waals surface area (Å²) in [5.74, 6) is -0.411. The van der Waals surface area contributed by atoms with E-state index in [-0.39, 0.29) is 30.4 Å². The molecule has 0 bridgehead atoms. The van der Waals surface area contributed by atoms with Crippen LogP contribution < -0.4 is 10.6 Å². The van der Waals surface area contributed by atoms with Crippen LogP contribution in [-0.4, -0.2) is 30.7 Å². The molecule has 2 rings (SSSR count). The van der Waals surface area contributed by atoms with Crippen molar-refractivity contribution in [2.75, 3.05) is 13.1 Å². The molecule has 0 saturated heterocycles. The molecule has 0 aliphatic carbocycles. The van der Waals surface area contributed by atoms with Crippen LogP contribution in [0, 0.1) is 20.8 Å². The van der Waals surface area contributed by atoms with Crippen LogP contribution >= 0.6 is 0 Å². The van der Waals surface area contributed by atoms with Crippen LogP contribution in [0.25, 0.3) is 0 Å². The van der Waals surface area contributed by atoms with Crippen molar-refractivity contribution in [2.24, 2.45) is 0 Å².